The molecule has 0 aliphatic rings. The van der Waals surface area contributed by atoms with E-state index in [1.807, 2.05) is 0 Å². The minimum absolute atomic E-state index is 0.0339. The zero-order chi connectivity index (χ0) is 19.4. The Labute approximate surface area is 156 Å². The molecule has 0 spiro atoms. The van der Waals surface area contributed by atoms with E-state index in [-0.39, 0.29) is 23.0 Å². The lowest BCUT2D eigenvalue weighted by Gasteiger charge is -2.12. The summed E-state index contributed by atoms with van der Waals surface area (Å²) in [6.45, 7) is 0. The predicted octanol–water partition coefficient (Wildman–Crippen LogP) is 5.19. The topological polar surface area (TPSA) is 64.1 Å². The number of rotatable bonds is 4. The standard InChI is InChI=1S/C18H11ClF3N3O2/c19-12-6-7-15(24-10-12)25-16(26)14-5-2-8-23-17(14)27-13-4-1-3-11(9-13)18(20,21)22/h1-10H,(H,24,25,26). The molecule has 9 heteroatoms. The molecule has 27 heavy (non-hydrogen) atoms. The Morgan fingerprint density at radius 3 is 2.59 bits per heavy atom. The van der Waals surface area contributed by atoms with Crippen molar-refractivity contribution in [1.82, 2.24) is 9.97 Å². The molecule has 1 aromatic carbocycles. The Hall–Kier alpha value is -3.13. The number of anilines is 1. The van der Waals surface area contributed by atoms with Gasteiger partial charge in [0.15, 0.2) is 0 Å². The fourth-order valence-corrected chi connectivity index (χ4v) is 2.24. The highest BCUT2D eigenvalue weighted by Gasteiger charge is 2.30. The van der Waals surface area contributed by atoms with Crippen LogP contribution in [0.5, 0.6) is 11.6 Å². The van der Waals surface area contributed by atoms with E-state index in [4.69, 9.17) is 16.3 Å². The molecule has 3 aromatic rings. The summed E-state index contributed by atoms with van der Waals surface area (Å²) in [4.78, 5) is 20.3. The number of amides is 1. The van der Waals surface area contributed by atoms with E-state index < -0.39 is 17.6 Å². The Bertz CT molecular complexity index is 963. The number of nitrogens with one attached hydrogen (secondary N) is 1. The quantitative estimate of drug-likeness (QED) is 0.662. The van der Waals surface area contributed by atoms with Crippen LogP contribution in [-0.2, 0) is 6.18 Å². The maximum atomic E-state index is 12.8. The zero-order valence-corrected chi connectivity index (χ0v) is 14.3. The summed E-state index contributed by atoms with van der Waals surface area (Å²) in [5, 5.41) is 2.94. The van der Waals surface area contributed by atoms with Crippen LogP contribution in [0.3, 0.4) is 0 Å². The van der Waals surface area contributed by atoms with Crippen molar-refractivity contribution in [3.63, 3.8) is 0 Å². The fraction of sp³-hybridized carbons (Fsp3) is 0.0556. The predicted molar refractivity (Wildman–Crippen MR) is 93.0 cm³/mol. The van der Waals surface area contributed by atoms with Gasteiger partial charge in [-0.2, -0.15) is 13.2 Å². The van der Waals surface area contributed by atoms with Crippen LogP contribution >= 0.6 is 11.6 Å². The molecule has 0 unspecified atom stereocenters. The number of alkyl halides is 3. The van der Waals surface area contributed by atoms with Gasteiger partial charge in [-0.1, -0.05) is 17.7 Å². The van der Waals surface area contributed by atoms with Crippen molar-refractivity contribution in [1.29, 1.82) is 0 Å². The summed E-state index contributed by atoms with van der Waals surface area (Å²) in [5.41, 5.74) is -0.834. The van der Waals surface area contributed by atoms with E-state index in [2.05, 4.69) is 15.3 Å². The summed E-state index contributed by atoms with van der Waals surface area (Å²) >= 11 is 5.74. The summed E-state index contributed by atoms with van der Waals surface area (Å²) < 4.78 is 43.9. The molecule has 2 heterocycles. The number of halogens is 4. The van der Waals surface area contributed by atoms with E-state index in [1.54, 1.807) is 6.07 Å². The molecule has 0 saturated carbocycles. The van der Waals surface area contributed by atoms with Gasteiger partial charge in [-0.05, 0) is 42.5 Å². The second kappa shape index (κ2) is 7.63. The molecule has 0 saturated heterocycles. The van der Waals surface area contributed by atoms with Crippen molar-refractivity contribution in [3.8, 4) is 11.6 Å². The summed E-state index contributed by atoms with van der Waals surface area (Å²) in [6.07, 6.45) is -1.79. The van der Waals surface area contributed by atoms with Gasteiger partial charge in [0.25, 0.3) is 5.91 Å². The molecule has 0 radical (unpaired) electrons. The molecular formula is C18H11ClF3N3O2. The molecule has 1 N–H and O–H groups in total. The average molecular weight is 394 g/mol. The monoisotopic (exact) mass is 393 g/mol. The minimum Gasteiger partial charge on any atom is -0.438 e. The second-order valence-corrected chi connectivity index (χ2v) is 5.74. The first-order valence-corrected chi connectivity index (χ1v) is 7.94. The lowest BCUT2D eigenvalue weighted by molar-refractivity contribution is -0.137. The van der Waals surface area contributed by atoms with Crippen LogP contribution in [0.1, 0.15) is 15.9 Å². The van der Waals surface area contributed by atoms with Crippen molar-refractivity contribution in [3.05, 3.63) is 77.1 Å². The molecule has 1 amide bonds. The van der Waals surface area contributed by atoms with Gasteiger partial charge in [0.05, 0.1) is 10.6 Å². The van der Waals surface area contributed by atoms with Gasteiger partial charge >= 0.3 is 6.18 Å². The van der Waals surface area contributed by atoms with Crippen LogP contribution < -0.4 is 10.1 Å². The first kappa shape index (κ1) is 18.7. The molecule has 0 atom stereocenters. The van der Waals surface area contributed by atoms with E-state index in [0.29, 0.717) is 5.02 Å². The molecule has 5 nitrogen and oxygen atoms in total. The van der Waals surface area contributed by atoms with Crippen molar-refractivity contribution in [2.24, 2.45) is 0 Å². The van der Waals surface area contributed by atoms with Crippen LogP contribution in [0.2, 0.25) is 5.02 Å². The third-order valence-corrected chi connectivity index (χ3v) is 3.58. The van der Waals surface area contributed by atoms with Gasteiger partial charge in [-0.15, -0.1) is 0 Å². The van der Waals surface area contributed by atoms with Crippen LogP contribution in [-0.4, -0.2) is 15.9 Å². The fourth-order valence-electron chi connectivity index (χ4n) is 2.13. The van der Waals surface area contributed by atoms with Crippen molar-refractivity contribution in [2.75, 3.05) is 5.32 Å². The minimum atomic E-state index is -4.51. The Morgan fingerprint density at radius 2 is 1.89 bits per heavy atom. The number of pyridine rings is 2. The van der Waals surface area contributed by atoms with Crippen molar-refractivity contribution < 1.29 is 22.7 Å². The van der Waals surface area contributed by atoms with Crippen molar-refractivity contribution >= 4 is 23.3 Å². The molecule has 0 aliphatic heterocycles. The Morgan fingerprint density at radius 1 is 1.07 bits per heavy atom. The number of hydrogen-bond donors (Lipinski definition) is 1. The van der Waals surface area contributed by atoms with Gasteiger partial charge in [-0.25, -0.2) is 9.97 Å². The van der Waals surface area contributed by atoms with Crippen molar-refractivity contribution in [2.45, 2.75) is 6.18 Å². The molecule has 0 fully saturated rings. The molecule has 0 aliphatic carbocycles. The van der Waals surface area contributed by atoms with Gasteiger partial charge in [0, 0.05) is 12.4 Å². The van der Waals surface area contributed by atoms with Gasteiger partial charge in [0.1, 0.15) is 17.1 Å². The zero-order valence-electron chi connectivity index (χ0n) is 13.5. The maximum Gasteiger partial charge on any atom is 0.416 e. The maximum absolute atomic E-state index is 12.8. The normalized spacial score (nSPS) is 11.1. The molecule has 0 bridgehead atoms. The highest BCUT2D eigenvalue weighted by Crippen LogP contribution is 2.33. The van der Waals surface area contributed by atoms with E-state index in [0.717, 1.165) is 12.1 Å². The second-order valence-electron chi connectivity index (χ2n) is 5.30. The number of benzene rings is 1. The summed E-state index contributed by atoms with van der Waals surface area (Å²) in [5.74, 6) is -0.566. The van der Waals surface area contributed by atoms with Gasteiger partial charge in [-0.3, -0.25) is 4.79 Å². The Balaban J connectivity index is 1.84. The van der Waals surface area contributed by atoms with Gasteiger partial charge in [0.2, 0.25) is 5.88 Å². The highest BCUT2D eigenvalue weighted by molar-refractivity contribution is 6.30. The molecule has 2 aromatic heterocycles. The lowest BCUT2D eigenvalue weighted by Crippen LogP contribution is -2.14. The van der Waals surface area contributed by atoms with E-state index in [9.17, 15) is 18.0 Å². The molecule has 138 valence electrons. The number of nitrogens with zero attached hydrogens (tertiary/aromatic N) is 2. The first-order valence-electron chi connectivity index (χ1n) is 7.56. The van der Waals surface area contributed by atoms with E-state index >= 15 is 0 Å². The van der Waals surface area contributed by atoms with Crippen LogP contribution in [0.25, 0.3) is 0 Å². The molecule has 3 rings (SSSR count). The van der Waals surface area contributed by atoms with Crippen LogP contribution in [0.4, 0.5) is 19.0 Å². The SMILES string of the molecule is O=C(Nc1ccc(Cl)cn1)c1cccnc1Oc1cccc(C(F)(F)F)c1. The summed E-state index contributed by atoms with van der Waals surface area (Å²) in [6, 6.07) is 10.3. The highest BCUT2D eigenvalue weighted by atomic mass is 35.5. The first-order chi connectivity index (χ1) is 12.8. The van der Waals surface area contributed by atoms with Crippen LogP contribution in [0, 0.1) is 0 Å². The number of hydrogen-bond acceptors (Lipinski definition) is 4. The average Bonchev–Trinajstić information content (AvgIpc) is 2.63. The number of aromatic nitrogens is 2. The largest absolute Gasteiger partial charge is 0.438 e. The van der Waals surface area contributed by atoms with Crippen LogP contribution in [0.15, 0.2) is 60.9 Å². The number of ether oxygens (including phenoxy) is 1. The van der Waals surface area contributed by atoms with Gasteiger partial charge < -0.3 is 10.1 Å². The third-order valence-electron chi connectivity index (χ3n) is 3.36. The summed E-state index contributed by atoms with van der Waals surface area (Å²) in [7, 11) is 0. The lowest BCUT2D eigenvalue weighted by atomic mass is 10.2. The number of carbonyl (C=O) groups excluding carboxylic acids is 1. The third kappa shape index (κ3) is 4.73. The Kier molecular flexibility index (Phi) is 5.27. The number of carbonyl (C=O) groups is 1. The molecular weight excluding hydrogens is 383 g/mol. The van der Waals surface area contributed by atoms with E-state index in [1.165, 1.54) is 42.7 Å². The smallest absolute Gasteiger partial charge is 0.416 e.